The molecule has 19 nitrogen and oxygen atoms in total. The molecule has 0 unspecified atom stereocenters. The molecule has 0 aliphatic carbocycles. The van der Waals surface area contributed by atoms with Gasteiger partial charge < -0.3 is 44.2 Å². The molecule has 0 bridgehead atoms. The molecule has 5 atom stereocenters. The molecule has 5 N–H and O–H groups in total. The predicted octanol–water partition coefficient (Wildman–Crippen LogP) is 0.940. The second kappa shape index (κ2) is 17.0. The van der Waals surface area contributed by atoms with E-state index in [1.807, 2.05) is 0 Å². The van der Waals surface area contributed by atoms with Crippen molar-refractivity contribution < 1.29 is 71.3 Å². The zero-order chi connectivity index (χ0) is 39.1. The molecule has 2 heterocycles. The highest BCUT2D eigenvalue weighted by Crippen LogP contribution is 2.52. The number of aromatic nitrogens is 2. The number of nitrogens with zero attached hydrogens (tertiary/aromatic N) is 2. The van der Waals surface area contributed by atoms with Gasteiger partial charge in [-0.1, -0.05) is 18.2 Å². The van der Waals surface area contributed by atoms with Crippen LogP contribution in [0.4, 0.5) is 5.82 Å². The van der Waals surface area contributed by atoms with Gasteiger partial charge in [0.25, 0.3) is 0 Å². The quantitative estimate of drug-likeness (QED) is 0.0853. The highest BCUT2D eigenvalue weighted by Gasteiger charge is 2.57. The van der Waals surface area contributed by atoms with E-state index in [4.69, 9.17) is 38.5 Å². The van der Waals surface area contributed by atoms with Crippen molar-refractivity contribution in [2.75, 3.05) is 39.0 Å². The number of nitrogen functional groups attached to an aromatic ring is 1. The van der Waals surface area contributed by atoms with E-state index in [9.17, 15) is 38.8 Å². The molecule has 1 saturated heterocycles. The van der Waals surface area contributed by atoms with E-state index in [0.717, 1.165) is 4.57 Å². The number of rotatable bonds is 15. The third-order valence-electron chi connectivity index (χ3n) is 7.29. The molecule has 0 saturated carbocycles. The minimum absolute atomic E-state index is 0.0233. The molecule has 1 aromatic carbocycles. The van der Waals surface area contributed by atoms with Crippen LogP contribution in [0.25, 0.3) is 0 Å². The third kappa shape index (κ3) is 11.3. The van der Waals surface area contributed by atoms with Crippen LogP contribution in [0.3, 0.4) is 0 Å². The Morgan fingerprint density at radius 2 is 1.46 bits per heavy atom. The zero-order valence-electron chi connectivity index (χ0n) is 29.9. The highest BCUT2D eigenvalue weighted by atomic mass is 31.2. The van der Waals surface area contributed by atoms with Gasteiger partial charge in [0.15, 0.2) is 11.4 Å². The Morgan fingerprint density at radius 1 is 0.942 bits per heavy atom. The van der Waals surface area contributed by atoms with Crippen LogP contribution in [0.15, 0.2) is 47.4 Å². The lowest BCUT2D eigenvalue weighted by Gasteiger charge is -2.30. The molecule has 52 heavy (non-hydrogen) atoms. The maximum Gasteiger partial charge on any atom is 0.499 e. The van der Waals surface area contributed by atoms with Gasteiger partial charge in [0.2, 0.25) is 19.8 Å². The Kier molecular flexibility index (Phi) is 13.7. The Labute approximate surface area is 299 Å². The van der Waals surface area contributed by atoms with E-state index in [-0.39, 0.29) is 11.6 Å². The monoisotopic (exact) mass is 757 g/mol. The molecule has 2 aromatic rings. The average molecular weight is 758 g/mol. The van der Waals surface area contributed by atoms with E-state index in [0.29, 0.717) is 4.67 Å². The molecule has 0 amide bonds. The second-order valence-electron chi connectivity index (χ2n) is 13.9. The van der Waals surface area contributed by atoms with E-state index >= 15 is 0 Å². The Bertz CT molecular complexity index is 1640. The fourth-order valence-electron chi connectivity index (χ4n) is 4.32. The number of para-hydroxylation sites is 1. The maximum atomic E-state index is 14.7. The topological polar surface area (TPSA) is 256 Å². The summed E-state index contributed by atoms with van der Waals surface area (Å²) in [6.45, 7) is 6.30. The summed E-state index contributed by atoms with van der Waals surface area (Å²) in [5.74, 6) is -3.68. The summed E-state index contributed by atoms with van der Waals surface area (Å²) >= 11 is 0. The molecular weight excluding hydrogens is 711 g/mol. The molecule has 20 heteroatoms. The van der Waals surface area contributed by atoms with Gasteiger partial charge in [0.1, 0.15) is 37.2 Å². The Morgan fingerprint density at radius 3 is 1.94 bits per heavy atom. The van der Waals surface area contributed by atoms with Crippen molar-refractivity contribution in [1.29, 1.82) is 0 Å². The van der Waals surface area contributed by atoms with E-state index in [1.165, 1.54) is 43.5 Å². The van der Waals surface area contributed by atoms with Crippen LogP contribution in [-0.4, -0.2) is 94.8 Å². The van der Waals surface area contributed by atoms with Gasteiger partial charge in [-0.2, -0.15) is 19.0 Å². The number of aliphatic hydroxyl groups excluding tert-OH is 1. The first kappa shape index (κ1) is 42.0. The number of esters is 4. The van der Waals surface area contributed by atoms with Gasteiger partial charge in [-0.3, -0.25) is 23.7 Å². The summed E-state index contributed by atoms with van der Waals surface area (Å²) in [6.07, 6.45) is -3.47. The average Bonchev–Trinajstić information content (AvgIpc) is 3.26. The van der Waals surface area contributed by atoms with Crippen molar-refractivity contribution in [2.45, 2.75) is 72.5 Å². The van der Waals surface area contributed by atoms with Gasteiger partial charge in [-0.25, -0.2) is 4.57 Å². The van der Waals surface area contributed by atoms with Crippen LogP contribution in [-0.2, 0) is 52.0 Å². The Hall–Kier alpha value is -4.39. The molecule has 3 rings (SSSR count). The summed E-state index contributed by atoms with van der Waals surface area (Å²) in [7, 11) is -4.89. The number of anilines is 1. The molecule has 1 fully saturated rings. The van der Waals surface area contributed by atoms with Gasteiger partial charge >= 0.3 is 37.3 Å². The van der Waals surface area contributed by atoms with Crippen LogP contribution in [0, 0.1) is 10.8 Å². The highest BCUT2D eigenvalue weighted by molar-refractivity contribution is 7.51. The van der Waals surface area contributed by atoms with Crippen LogP contribution in [0.5, 0.6) is 5.75 Å². The second-order valence-corrected chi connectivity index (χ2v) is 15.9. The standard InChI is InChI=1S/C32H45N4O15P/c1-30(2,3)27(40)47-18-45-23(37)15-35(16-24(38)46-19-48-28(41)31(4,5)6)52(44,51-20-11-9-8-10-12-20)49-17-21-25(39)32(7,43)26(50-21)36-14-13-22(33)34-29(36)42/h8-14,21,25-26,39,43H,15-19H2,1-7H3,(H2,33,34,42)/p+1/t21-,25-,26-,32-,52-/m1/s1. The number of nitrogens with one attached hydrogen (secondary N) is 1. The largest absolute Gasteiger partial charge is 0.499 e. The predicted molar refractivity (Wildman–Crippen MR) is 177 cm³/mol. The number of carbonyl (C=O) groups excluding carboxylic acids is 4. The third-order valence-corrected chi connectivity index (χ3v) is 9.18. The SMILES string of the molecule is CC(C)(C)C(=O)OCOC(=O)CN(CC(=O)OCOC(=O)C(C)(C)C)[P@@](=O)(OC[C@H]1O[C@@H]([n+]2ccc(N)[nH]c2=O)[C@](C)(O)[C@@H]1O)Oc1ccccc1. The van der Waals surface area contributed by atoms with Gasteiger partial charge in [0.05, 0.1) is 17.4 Å². The van der Waals surface area contributed by atoms with Crippen LogP contribution in [0.2, 0.25) is 0 Å². The molecule has 0 spiro atoms. The van der Waals surface area contributed by atoms with E-state index < -0.39 is 105 Å². The number of benzene rings is 1. The molecule has 1 aromatic heterocycles. The number of aliphatic hydroxyl groups is 2. The number of hydrogen-bond acceptors (Lipinski definition) is 16. The number of nitrogens with two attached hydrogens (primary N) is 1. The van der Waals surface area contributed by atoms with Crippen LogP contribution < -0.4 is 20.5 Å². The van der Waals surface area contributed by atoms with E-state index in [1.54, 1.807) is 47.6 Å². The normalized spacial score (nSPS) is 21.5. The number of H-pyrrole nitrogens is 1. The minimum atomic E-state index is -4.89. The molecule has 1 aliphatic heterocycles. The lowest BCUT2D eigenvalue weighted by atomic mass is 9.96. The number of aromatic amines is 1. The Balaban J connectivity index is 1.90. The maximum absolute atomic E-state index is 14.7. The fraction of sp³-hybridized carbons (Fsp3) is 0.562. The summed E-state index contributed by atoms with van der Waals surface area (Å²) in [5.41, 5.74) is 0.910. The number of ether oxygens (including phenoxy) is 5. The van der Waals surface area contributed by atoms with Crippen molar-refractivity contribution in [3.63, 3.8) is 0 Å². The first-order chi connectivity index (χ1) is 24.0. The minimum Gasteiger partial charge on any atom is -0.427 e. The molecule has 288 valence electrons. The molecule has 1 aliphatic rings. The van der Waals surface area contributed by atoms with E-state index in [2.05, 4.69) is 4.98 Å². The number of carbonyl (C=O) groups is 4. The van der Waals surface area contributed by atoms with Crippen molar-refractivity contribution >= 4 is 37.4 Å². The van der Waals surface area contributed by atoms with Crippen molar-refractivity contribution in [1.82, 2.24) is 9.65 Å². The molecule has 0 radical (unpaired) electrons. The molecular formula is C32H46N4O15P+. The van der Waals surface area contributed by atoms with Gasteiger partial charge in [0, 0.05) is 6.07 Å². The van der Waals surface area contributed by atoms with Crippen LogP contribution >= 0.6 is 7.75 Å². The summed E-state index contributed by atoms with van der Waals surface area (Å²) in [4.78, 5) is 65.1. The summed E-state index contributed by atoms with van der Waals surface area (Å²) in [6, 6.07) is 8.82. The van der Waals surface area contributed by atoms with Gasteiger partial charge in [-0.05, 0) is 60.6 Å². The first-order valence-electron chi connectivity index (χ1n) is 15.9. The smallest absolute Gasteiger partial charge is 0.427 e. The van der Waals surface area contributed by atoms with Gasteiger partial charge in [-0.15, -0.1) is 0 Å². The van der Waals surface area contributed by atoms with Crippen molar-refractivity contribution in [3.05, 3.63) is 53.1 Å². The lowest BCUT2D eigenvalue weighted by Crippen LogP contribution is -2.61. The summed E-state index contributed by atoms with van der Waals surface area (Å²) in [5, 5.41) is 22.2. The fourth-order valence-corrected chi connectivity index (χ4v) is 5.95. The first-order valence-corrected chi connectivity index (χ1v) is 17.4. The summed E-state index contributed by atoms with van der Waals surface area (Å²) < 4.78 is 53.4. The zero-order valence-corrected chi connectivity index (χ0v) is 30.8. The van der Waals surface area contributed by atoms with Crippen LogP contribution in [0.1, 0.15) is 54.7 Å². The van der Waals surface area contributed by atoms with Crippen molar-refractivity contribution in [2.24, 2.45) is 10.8 Å². The van der Waals surface area contributed by atoms with Crippen molar-refractivity contribution in [3.8, 4) is 5.75 Å². The lowest BCUT2D eigenvalue weighted by molar-refractivity contribution is -0.786. The number of hydrogen-bond donors (Lipinski definition) is 4.